The number of Topliss-reactive ketones (excluding diaryl/α,β-unsaturated/α-hetero) is 1. The highest BCUT2D eigenvalue weighted by Gasteiger charge is 2.60. The molecule has 1 aromatic rings. The van der Waals surface area contributed by atoms with E-state index in [-0.39, 0.29) is 25.4 Å². The van der Waals surface area contributed by atoms with Gasteiger partial charge < -0.3 is 28.8 Å². The largest absolute Gasteiger partial charge is 0.497 e. The van der Waals surface area contributed by atoms with Gasteiger partial charge in [-0.3, -0.25) is 9.59 Å². The molecule has 0 radical (unpaired) electrons. The van der Waals surface area contributed by atoms with E-state index in [9.17, 15) is 14.7 Å². The predicted molar refractivity (Wildman–Crippen MR) is 110 cm³/mol. The number of esters is 1. The Hall–Kier alpha value is -2.00. The molecule has 2 aliphatic heterocycles. The van der Waals surface area contributed by atoms with Crippen molar-refractivity contribution in [2.24, 2.45) is 0 Å². The van der Waals surface area contributed by atoms with Crippen LogP contribution in [0.4, 0.5) is 0 Å². The summed E-state index contributed by atoms with van der Waals surface area (Å²) in [4.78, 5) is 24.2. The van der Waals surface area contributed by atoms with E-state index < -0.39 is 30.3 Å². The molecule has 1 unspecified atom stereocenters. The maximum absolute atomic E-state index is 12.2. The molecule has 0 bridgehead atoms. The molecule has 1 N–H and O–H groups in total. The monoisotopic (exact) mass is 436 g/mol. The Kier molecular flexibility index (Phi) is 8.43. The third kappa shape index (κ3) is 6.04. The van der Waals surface area contributed by atoms with Gasteiger partial charge in [-0.2, -0.15) is 0 Å². The molecular formula is C23H32O8. The standard InChI is InChI=1S/C23H32O8/c1-3-4-5-6-7-8-17(24)13-20(26)28-15-23-21(19(25)14-29-23)30-22(31-23)16-9-11-18(27-2)12-10-16/h9-12,19,21-22,25H,3-8,13-15H2,1-2H3/t19-,21+,22?,23+/m1/s1. The van der Waals surface area contributed by atoms with E-state index in [2.05, 4.69) is 6.92 Å². The molecule has 0 amide bonds. The Morgan fingerprint density at radius 2 is 1.90 bits per heavy atom. The third-order valence-corrected chi connectivity index (χ3v) is 5.58. The lowest BCUT2D eigenvalue weighted by Gasteiger charge is -2.25. The highest BCUT2D eigenvalue weighted by Crippen LogP contribution is 2.44. The van der Waals surface area contributed by atoms with Gasteiger partial charge in [0.1, 0.15) is 36.8 Å². The minimum atomic E-state index is -1.40. The number of ether oxygens (including phenoxy) is 5. The molecule has 0 saturated carbocycles. The Labute approximate surface area is 182 Å². The van der Waals surface area contributed by atoms with Crippen LogP contribution < -0.4 is 4.74 Å². The van der Waals surface area contributed by atoms with E-state index in [1.807, 2.05) is 0 Å². The molecule has 3 rings (SSSR count). The number of carbonyl (C=O) groups is 2. The zero-order valence-electron chi connectivity index (χ0n) is 18.2. The molecule has 8 heteroatoms. The molecule has 31 heavy (non-hydrogen) atoms. The van der Waals surface area contributed by atoms with Gasteiger partial charge >= 0.3 is 5.97 Å². The molecule has 2 saturated heterocycles. The van der Waals surface area contributed by atoms with Gasteiger partial charge in [-0.05, 0) is 18.6 Å². The third-order valence-electron chi connectivity index (χ3n) is 5.58. The number of rotatable bonds is 12. The summed E-state index contributed by atoms with van der Waals surface area (Å²) in [6.45, 7) is 1.88. The van der Waals surface area contributed by atoms with E-state index in [1.165, 1.54) is 0 Å². The summed E-state index contributed by atoms with van der Waals surface area (Å²) in [5.41, 5.74) is 0.718. The topological polar surface area (TPSA) is 101 Å². The van der Waals surface area contributed by atoms with Crippen LogP contribution in [0.3, 0.4) is 0 Å². The van der Waals surface area contributed by atoms with Gasteiger partial charge in [-0.25, -0.2) is 0 Å². The van der Waals surface area contributed by atoms with Crippen molar-refractivity contribution in [2.75, 3.05) is 20.3 Å². The summed E-state index contributed by atoms with van der Waals surface area (Å²) in [5.74, 6) is -1.48. The summed E-state index contributed by atoms with van der Waals surface area (Å²) in [6.07, 6.45) is 2.78. The number of aliphatic hydroxyl groups excluding tert-OH is 1. The van der Waals surface area contributed by atoms with Crippen LogP contribution >= 0.6 is 0 Å². The second kappa shape index (κ2) is 11.0. The van der Waals surface area contributed by atoms with Crippen LogP contribution in [0.25, 0.3) is 0 Å². The first-order valence-corrected chi connectivity index (χ1v) is 10.9. The van der Waals surface area contributed by atoms with Crippen molar-refractivity contribution in [1.82, 2.24) is 0 Å². The Morgan fingerprint density at radius 3 is 2.61 bits per heavy atom. The lowest BCUT2D eigenvalue weighted by molar-refractivity contribution is -0.237. The normalized spacial score (nSPS) is 27.1. The first-order chi connectivity index (χ1) is 15.0. The zero-order chi connectivity index (χ0) is 22.3. The molecule has 0 aliphatic carbocycles. The maximum atomic E-state index is 12.2. The molecule has 0 spiro atoms. The van der Waals surface area contributed by atoms with Crippen molar-refractivity contribution >= 4 is 11.8 Å². The number of ketones is 1. The highest BCUT2D eigenvalue weighted by atomic mass is 16.8. The van der Waals surface area contributed by atoms with Crippen molar-refractivity contribution in [3.63, 3.8) is 0 Å². The SMILES string of the molecule is CCCCCCCC(=O)CC(=O)OC[C@@]12OC[C@@H](O)[C@@H]1OC(c1ccc(OC)cc1)O2. The van der Waals surface area contributed by atoms with Gasteiger partial charge in [0.15, 0.2) is 6.29 Å². The van der Waals surface area contributed by atoms with Gasteiger partial charge in [0.2, 0.25) is 5.79 Å². The molecule has 8 nitrogen and oxygen atoms in total. The van der Waals surface area contributed by atoms with Crippen molar-refractivity contribution < 1.29 is 38.4 Å². The lowest BCUT2D eigenvalue weighted by Crippen LogP contribution is -2.45. The number of benzene rings is 1. The lowest BCUT2D eigenvalue weighted by atomic mass is 10.1. The van der Waals surface area contributed by atoms with Crippen LogP contribution in [0.1, 0.15) is 63.7 Å². The van der Waals surface area contributed by atoms with Crippen LogP contribution in [0, 0.1) is 0 Å². The number of unbranched alkanes of at least 4 members (excludes halogenated alkanes) is 4. The molecular weight excluding hydrogens is 404 g/mol. The number of hydrogen-bond acceptors (Lipinski definition) is 8. The zero-order valence-corrected chi connectivity index (χ0v) is 18.2. The Morgan fingerprint density at radius 1 is 1.16 bits per heavy atom. The maximum Gasteiger partial charge on any atom is 0.313 e. The second-order valence-electron chi connectivity index (χ2n) is 8.01. The average molecular weight is 437 g/mol. The fourth-order valence-corrected chi connectivity index (χ4v) is 3.80. The molecule has 0 aromatic heterocycles. The highest BCUT2D eigenvalue weighted by molar-refractivity contribution is 5.95. The molecule has 1 aromatic carbocycles. The summed E-state index contributed by atoms with van der Waals surface area (Å²) in [6, 6.07) is 7.12. The fraction of sp³-hybridized carbons (Fsp3) is 0.652. The number of fused-ring (bicyclic) bond motifs is 1. The van der Waals surface area contributed by atoms with Gasteiger partial charge in [-0.15, -0.1) is 0 Å². The smallest absolute Gasteiger partial charge is 0.313 e. The molecule has 2 fully saturated rings. The van der Waals surface area contributed by atoms with E-state index >= 15 is 0 Å². The quantitative estimate of drug-likeness (QED) is 0.303. The summed E-state index contributed by atoms with van der Waals surface area (Å²) in [7, 11) is 1.58. The average Bonchev–Trinajstić information content (AvgIpc) is 3.29. The first kappa shape index (κ1) is 23.7. The van der Waals surface area contributed by atoms with E-state index in [4.69, 9.17) is 23.7 Å². The predicted octanol–water partition coefficient (Wildman–Crippen LogP) is 3.06. The van der Waals surface area contributed by atoms with Gasteiger partial charge in [0, 0.05) is 12.0 Å². The second-order valence-corrected chi connectivity index (χ2v) is 8.01. The van der Waals surface area contributed by atoms with E-state index in [0.29, 0.717) is 12.2 Å². The number of methoxy groups -OCH3 is 1. The van der Waals surface area contributed by atoms with Gasteiger partial charge in [0.25, 0.3) is 0 Å². The molecule has 2 aliphatic rings. The van der Waals surface area contributed by atoms with E-state index in [1.54, 1.807) is 31.4 Å². The minimum Gasteiger partial charge on any atom is -0.497 e. The van der Waals surface area contributed by atoms with Crippen LogP contribution in [0.15, 0.2) is 24.3 Å². The first-order valence-electron chi connectivity index (χ1n) is 10.9. The Balaban J connectivity index is 1.50. The Bertz CT molecular complexity index is 734. The van der Waals surface area contributed by atoms with Crippen LogP contribution in [-0.4, -0.2) is 55.2 Å². The van der Waals surface area contributed by atoms with Crippen molar-refractivity contribution in [3.8, 4) is 5.75 Å². The number of carbonyl (C=O) groups excluding carboxylic acids is 2. The van der Waals surface area contributed by atoms with Gasteiger partial charge in [-0.1, -0.05) is 44.7 Å². The minimum absolute atomic E-state index is 0.00817. The molecule has 4 atom stereocenters. The summed E-state index contributed by atoms with van der Waals surface area (Å²) >= 11 is 0. The molecule has 172 valence electrons. The van der Waals surface area contributed by atoms with Crippen LogP contribution in [0.5, 0.6) is 5.75 Å². The number of aliphatic hydroxyl groups is 1. The summed E-state index contributed by atoms with van der Waals surface area (Å²) < 4.78 is 27.9. The molecule has 2 heterocycles. The van der Waals surface area contributed by atoms with Crippen molar-refractivity contribution in [1.29, 1.82) is 0 Å². The van der Waals surface area contributed by atoms with Crippen molar-refractivity contribution in [3.05, 3.63) is 29.8 Å². The van der Waals surface area contributed by atoms with Crippen molar-refractivity contribution in [2.45, 2.75) is 76.2 Å². The van der Waals surface area contributed by atoms with Crippen LogP contribution in [0.2, 0.25) is 0 Å². The van der Waals surface area contributed by atoms with Gasteiger partial charge in [0.05, 0.1) is 13.7 Å². The van der Waals surface area contributed by atoms with E-state index in [0.717, 1.165) is 37.7 Å². The van der Waals surface area contributed by atoms with Crippen LogP contribution in [-0.2, 0) is 28.5 Å². The summed E-state index contributed by atoms with van der Waals surface area (Å²) in [5, 5.41) is 10.2. The fourth-order valence-electron chi connectivity index (χ4n) is 3.80. The number of hydrogen-bond donors (Lipinski definition) is 1.